The molecule has 0 unspecified atom stereocenters. The number of hydrogen-bond acceptors (Lipinski definition) is 2. The smallest absolute Gasteiger partial charge is 0.138 e. The molecule has 0 aliphatic rings. The predicted molar refractivity (Wildman–Crippen MR) is 67.8 cm³/mol. The van der Waals surface area contributed by atoms with Gasteiger partial charge in [0.25, 0.3) is 0 Å². The maximum Gasteiger partial charge on any atom is 0.138 e. The summed E-state index contributed by atoms with van der Waals surface area (Å²) >= 11 is 0. The van der Waals surface area contributed by atoms with Crippen LogP contribution in [0.5, 0.6) is 0 Å². The van der Waals surface area contributed by atoms with Crippen LogP contribution < -0.4 is 4.90 Å². The molecule has 0 saturated heterocycles. The second-order valence-electron chi connectivity index (χ2n) is 3.53. The van der Waals surface area contributed by atoms with Gasteiger partial charge in [0.05, 0.1) is 6.20 Å². The van der Waals surface area contributed by atoms with Crippen molar-refractivity contribution in [3.63, 3.8) is 0 Å². The lowest BCUT2D eigenvalue weighted by atomic mass is 10.4. The highest BCUT2D eigenvalue weighted by Gasteiger charge is 2.08. The van der Waals surface area contributed by atoms with Crippen LogP contribution in [0.2, 0.25) is 0 Å². The fourth-order valence-corrected chi connectivity index (χ4v) is 1.73. The van der Waals surface area contributed by atoms with E-state index in [0.717, 1.165) is 24.6 Å². The molecule has 0 spiro atoms. The van der Waals surface area contributed by atoms with Gasteiger partial charge in [-0.05, 0) is 12.1 Å². The monoisotopic (exact) mass is 213 g/mol. The molecule has 0 N–H and O–H groups in total. The summed E-state index contributed by atoms with van der Waals surface area (Å²) in [6, 6.07) is 5.97. The van der Waals surface area contributed by atoms with Gasteiger partial charge in [-0.3, -0.25) is 4.40 Å². The molecular formula is C13H15N3. The Morgan fingerprint density at radius 1 is 1.25 bits per heavy atom. The number of rotatable bonds is 5. The Labute approximate surface area is 95.3 Å². The zero-order valence-corrected chi connectivity index (χ0v) is 9.21. The molecule has 16 heavy (non-hydrogen) atoms. The van der Waals surface area contributed by atoms with E-state index in [2.05, 4.69) is 27.4 Å². The Hall–Kier alpha value is -2.03. The summed E-state index contributed by atoms with van der Waals surface area (Å²) in [5.41, 5.74) is 0.954. The Bertz CT molecular complexity index is 489. The van der Waals surface area contributed by atoms with Crippen LogP contribution in [0.4, 0.5) is 5.82 Å². The molecule has 0 aliphatic carbocycles. The summed E-state index contributed by atoms with van der Waals surface area (Å²) in [4.78, 5) is 6.52. The van der Waals surface area contributed by atoms with Crippen LogP contribution in [0.3, 0.4) is 0 Å². The van der Waals surface area contributed by atoms with Gasteiger partial charge in [-0.15, -0.1) is 13.2 Å². The molecule has 2 rings (SSSR count). The van der Waals surface area contributed by atoms with Gasteiger partial charge >= 0.3 is 0 Å². The molecule has 2 heterocycles. The van der Waals surface area contributed by atoms with Crippen molar-refractivity contribution in [1.82, 2.24) is 9.38 Å². The van der Waals surface area contributed by atoms with Gasteiger partial charge in [0.2, 0.25) is 0 Å². The van der Waals surface area contributed by atoms with Crippen LogP contribution in [0.25, 0.3) is 5.65 Å². The van der Waals surface area contributed by atoms with Gasteiger partial charge in [-0.1, -0.05) is 18.2 Å². The second-order valence-corrected chi connectivity index (χ2v) is 3.53. The number of pyridine rings is 1. The molecule has 0 radical (unpaired) electrons. The van der Waals surface area contributed by atoms with Gasteiger partial charge in [-0.2, -0.15) is 0 Å². The van der Waals surface area contributed by atoms with Crippen molar-refractivity contribution in [3.05, 3.63) is 55.9 Å². The van der Waals surface area contributed by atoms with Crippen molar-refractivity contribution in [2.24, 2.45) is 0 Å². The first-order valence-corrected chi connectivity index (χ1v) is 5.25. The van der Waals surface area contributed by atoms with Crippen molar-refractivity contribution in [3.8, 4) is 0 Å². The van der Waals surface area contributed by atoms with Crippen molar-refractivity contribution >= 4 is 11.5 Å². The lowest BCUT2D eigenvalue weighted by molar-refractivity contribution is 0.914. The molecule has 0 amide bonds. The first-order valence-electron chi connectivity index (χ1n) is 5.25. The van der Waals surface area contributed by atoms with Crippen molar-refractivity contribution in [2.75, 3.05) is 18.0 Å². The molecule has 2 aromatic heterocycles. The average molecular weight is 213 g/mol. The van der Waals surface area contributed by atoms with E-state index in [0.29, 0.717) is 0 Å². The Morgan fingerprint density at radius 3 is 2.69 bits per heavy atom. The minimum absolute atomic E-state index is 0.786. The molecule has 3 heteroatoms. The summed E-state index contributed by atoms with van der Waals surface area (Å²) in [7, 11) is 0. The zero-order chi connectivity index (χ0) is 11.4. The van der Waals surface area contributed by atoms with Crippen molar-refractivity contribution < 1.29 is 0 Å². The lowest BCUT2D eigenvalue weighted by Crippen LogP contribution is -2.24. The SMILES string of the molecule is C=CCN(CC=C)c1cnc2ccccn12. The highest BCUT2D eigenvalue weighted by atomic mass is 15.2. The summed E-state index contributed by atoms with van der Waals surface area (Å²) < 4.78 is 2.06. The third-order valence-corrected chi connectivity index (χ3v) is 2.42. The van der Waals surface area contributed by atoms with E-state index in [4.69, 9.17) is 0 Å². The third kappa shape index (κ3) is 1.84. The molecule has 82 valence electrons. The van der Waals surface area contributed by atoms with E-state index in [1.807, 2.05) is 42.7 Å². The van der Waals surface area contributed by atoms with E-state index in [1.54, 1.807) is 0 Å². The Morgan fingerprint density at radius 2 is 2.00 bits per heavy atom. The maximum absolute atomic E-state index is 4.36. The largest absolute Gasteiger partial charge is 0.349 e. The van der Waals surface area contributed by atoms with Crippen LogP contribution in [0.15, 0.2) is 55.9 Å². The summed E-state index contributed by atoms with van der Waals surface area (Å²) in [5.74, 6) is 1.07. The van der Waals surface area contributed by atoms with Gasteiger partial charge in [0.15, 0.2) is 0 Å². The average Bonchev–Trinajstić information content (AvgIpc) is 2.72. The fraction of sp³-hybridized carbons (Fsp3) is 0.154. The maximum atomic E-state index is 4.36. The summed E-state index contributed by atoms with van der Waals surface area (Å²) in [6.45, 7) is 9.11. The molecule has 0 atom stereocenters. The van der Waals surface area contributed by atoms with Gasteiger partial charge in [0, 0.05) is 19.3 Å². The normalized spacial score (nSPS) is 10.2. The number of anilines is 1. The van der Waals surface area contributed by atoms with Gasteiger partial charge in [-0.25, -0.2) is 4.98 Å². The van der Waals surface area contributed by atoms with E-state index in [1.165, 1.54) is 0 Å². The number of fused-ring (bicyclic) bond motifs is 1. The van der Waals surface area contributed by atoms with Gasteiger partial charge in [0.1, 0.15) is 11.5 Å². The predicted octanol–water partition coefficient (Wildman–Crippen LogP) is 2.51. The fourth-order valence-electron chi connectivity index (χ4n) is 1.73. The second kappa shape index (κ2) is 4.66. The summed E-state index contributed by atoms with van der Waals surface area (Å²) in [6.07, 6.45) is 7.65. The molecular weight excluding hydrogens is 198 g/mol. The van der Waals surface area contributed by atoms with E-state index >= 15 is 0 Å². The van der Waals surface area contributed by atoms with E-state index < -0.39 is 0 Å². The summed E-state index contributed by atoms with van der Waals surface area (Å²) in [5, 5.41) is 0. The van der Waals surface area contributed by atoms with Crippen molar-refractivity contribution in [1.29, 1.82) is 0 Å². The zero-order valence-electron chi connectivity index (χ0n) is 9.21. The number of hydrogen-bond donors (Lipinski definition) is 0. The quantitative estimate of drug-likeness (QED) is 0.711. The highest BCUT2D eigenvalue weighted by molar-refractivity contribution is 5.52. The van der Waals surface area contributed by atoms with Crippen molar-refractivity contribution in [2.45, 2.75) is 0 Å². The molecule has 0 aromatic carbocycles. The standard InChI is InChI=1S/C13H15N3/c1-3-8-15(9-4-2)13-11-14-12-7-5-6-10-16(12)13/h3-7,10-11H,1-2,8-9H2. The minimum Gasteiger partial charge on any atom is -0.349 e. The highest BCUT2D eigenvalue weighted by Crippen LogP contribution is 2.16. The first-order chi connectivity index (χ1) is 7.86. The topological polar surface area (TPSA) is 20.5 Å². The van der Waals surface area contributed by atoms with Crippen LogP contribution in [-0.4, -0.2) is 22.5 Å². The molecule has 3 nitrogen and oxygen atoms in total. The van der Waals surface area contributed by atoms with Crippen LogP contribution in [0, 0.1) is 0 Å². The molecule has 0 aliphatic heterocycles. The molecule has 0 bridgehead atoms. The number of imidazole rings is 1. The lowest BCUT2D eigenvalue weighted by Gasteiger charge is -2.20. The minimum atomic E-state index is 0.786. The Kier molecular flexibility index (Phi) is 3.05. The van der Waals surface area contributed by atoms with Crippen LogP contribution in [0.1, 0.15) is 0 Å². The van der Waals surface area contributed by atoms with Gasteiger partial charge < -0.3 is 4.90 Å². The third-order valence-electron chi connectivity index (χ3n) is 2.42. The van der Waals surface area contributed by atoms with Crippen LogP contribution in [-0.2, 0) is 0 Å². The Balaban J connectivity index is 2.43. The van der Waals surface area contributed by atoms with Crippen LogP contribution >= 0.6 is 0 Å². The molecule has 2 aromatic rings. The molecule has 0 fully saturated rings. The number of nitrogens with zero attached hydrogens (tertiary/aromatic N) is 3. The number of aromatic nitrogens is 2. The molecule has 0 saturated carbocycles. The van der Waals surface area contributed by atoms with E-state index in [9.17, 15) is 0 Å². The first kappa shape index (κ1) is 10.5. The van der Waals surface area contributed by atoms with E-state index in [-0.39, 0.29) is 0 Å².